The van der Waals surface area contributed by atoms with Gasteiger partial charge in [0.1, 0.15) is 0 Å². The molecular formula is C18H16N4NaO4S. The number of amides is 1. The Hall–Kier alpha value is -2.30. The zero-order valence-corrected chi connectivity index (χ0v) is 18.1. The first-order valence-electron chi connectivity index (χ1n) is 7.83. The summed E-state index contributed by atoms with van der Waals surface area (Å²) in [5.74, 6) is -0.165. The molecule has 1 amide bonds. The second kappa shape index (κ2) is 8.80. The predicted octanol–water partition coefficient (Wildman–Crippen LogP) is 3.66. The van der Waals surface area contributed by atoms with Crippen LogP contribution in [0.15, 0.2) is 69.7 Å². The summed E-state index contributed by atoms with van der Waals surface area (Å²) in [6.07, 6.45) is 0. The van der Waals surface area contributed by atoms with Crippen LogP contribution in [0.1, 0.15) is 6.92 Å². The minimum absolute atomic E-state index is 0. The maximum atomic E-state index is 11.3. The van der Waals surface area contributed by atoms with E-state index in [-0.39, 0.29) is 40.4 Å². The fourth-order valence-electron chi connectivity index (χ4n) is 2.51. The van der Waals surface area contributed by atoms with Crippen LogP contribution in [-0.4, -0.2) is 48.4 Å². The van der Waals surface area contributed by atoms with Crippen molar-refractivity contribution in [3.8, 4) is 0 Å². The summed E-state index contributed by atoms with van der Waals surface area (Å²) in [6, 6.07) is 14.1. The molecule has 0 unspecified atom stereocenters. The van der Waals surface area contributed by atoms with E-state index in [4.69, 9.17) is 5.73 Å². The van der Waals surface area contributed by atoms with Crippen molar-refractivity contribution in [2.75, 3.05) is 11.1 Å². The molecule has 1 radical (unpaired) electrons. The molecular weight excluding hydrogens is 391 g/mol. The van der Waals surface area contributed by atoms with E-state index in [2.05, 4.69) is 15.5 Å². The van der Waals surface area contributed by atoms with Gasteiger partial charge in [0.2, 0.25) is 5.91 Å². The molecule has 3 aromatic carbocycles. The molecule has 8 nitrogen and oxygen atoms in total. The maximum absolute atomic E-state index is 11.3. The molecule has 3 rings (SSSR count). The first kappa shape index (κ1) is 22.0. The van der Waals surface area contributed by atoms with Crippen LogP contribution in [0.4, 0.5) is 22.7 Å². The number of carbonyl (C=O) groups is 1. The fourth-order valence-corrected chi connectivity index (χ4v) is 3.01. The van der Waals surface area contributed by atoms with Crippen LogP contribution in [0.25, 0.3) is 10.8 Å². The smallest absolute Gasteiger partial charge is 0.294 e. The molecule has 0 aliphatic heterocycles. The summed E-state index contributed by atoms with van der Waals surface area (Å²) in [7, 11) is -4.33. The Balaban J connectivity index is 0.00000280. The van der Waals surface area contributed by atoms with Crippen LogP contribution in [0, 0.1) is 0 Å². The Morgan fingerprint density at radius 3 is 2.29 bits per heavy atom. The Morgan fingerprint density at radius 1 is 1.00 bits per heavy atom. The second-order valence-electron chi connectivity index (χ2n) is 5.78. The summed E-state index contributed by atoms with van der Waals surface area (Å²) < 4.78 is 31.8. The number of nitrogen functional groups attached to an aromatic ring is 1. The average molecular weight is 407 g/mol. The Bertz CT molecular complexity index is 1160. The van der Waals surface area contributed by atoms with Gasteiger partial charge in [-0.25, -0.2) is 0 Å². The van der Waals surface area contributed by atoms with Gasteiger partial charge < -0.3 is 11.1 Å². The van der Waals surface area contributed by atoms with E-state index in [1.807, 2.05) is 0 Å². The molecule has 0 heterocycles. The van der Waals surface area contributed by atoms with Gasteiger partial charge in [0.15, 0.2) is 0 Å². The topological polar surface area (TPSA) is 134 Å². The average Bonchev–Trinajstić information content (AvgIpc) is 2.61. The standard InChI is InChI=1S/C18H16N4O4S.Na/c1-11(23)20-12-2-4-13(5-3-12)21-22-18-9-8-17(19)16-10-14(27(24,25)26)6-7-15(16)18;/h2-10H,19H2,1H3,(H,20,23)(H,24,25,26);. The molecule has 0 saturated heterocycles. The number of hydrogen-bond donors (Lipinski definition) is 3. The van der Waals surface area contributed by atoms with Crippen molar-refractivity contribution >= 4 is 79.1 Å². The molecule has 3 aromatic rings. The van der Waals surface area contributed by atoms with Gasteiger partial charge in [0.25, 0.3) is 10.1 Å². The van der Waals surface area contributed by atoms with Gasteiger partial charge in [-0.05, 0) is 48.5 Å². The summed E-state index contributed by atoms with van der Waals surface area (Å²) >= 11 is 0. The van der Waals surface area contributed by atoms with Crippen LogP contribution in [0.3, 0.4) is 0 Å². The molecule has 0 spiro atoms. The number of azo groups is 1. The van der Waals surface area contributed by atoms with E-state index in [0.29, 0.717) is 33.5 Å². The zero-order valence-electron chi connectivity index (χ0n) is 15.2. The molecule has 0 aliphatic rings. The molecule has 0 atom stereocenters. The number of rotatable bonds is 4. The number of anilines is 2. The normalized spacial score (nSPS) is 11.4. The molecule has 0 fully saturated rings. The summed E-state index contributed by atoms with van der Waals surface area (Å²) in [4.78, 5) is 10.8. The van der Waals surface area contributed by atoms with Crippen molar-refractivity contribution < 1.29 is 17.8 Å². The van der Waals surface area contributed by atoms with E-state index < -0.39 is 10.1 Å². The zero-order chi connectivity index (χ0) is 19.6. The van der Waals surface area contributed by atoms with Crippen LogP contribution in [-0.2, 0) is 14.9 Å². The quantitative estimate of drug-likeness (QED) is 0.263. The van der Waals surface area contributed by atoms with Crippen molar-refractivity contribution in [1.82, 2.24) is 0 Å². The summed E-state index contributed by atoms with van der Waals surface area (Å²) in [5.41, 5.74) is 7.99. The van der Waals surface area contributed by atoms with Crippen LogP contribution in [0.2, 0.25) is 0 Å². The van der Waals surface area contributed by atoms with Crippen molar-refractivity contribution in [3.05, 3.63) is 54.6 Å². The molecule has 10 heteroatoms. The molecule has 4 N–H and O–H groups in total. The molecule has 0 bridgehead atoms. The van der Waals surface area contributed by atoms with Crippen molar-refractivity contribution in [3.63, 3.8) is 0 Å². The minimum atomic E-state index is -4.33. The van der Waals surface area contributed by atoms with Gasteiger partial charge in [0, 0.05) is 58.6 Å². The van der Waals surface area contributed by atoms with Gasteiger partial charge in [-0.3, -0.25) is 9.35 Å². The van der Waals surface area contributed by atoms with Crippen LogP contribution in [0.5, 0.6) is 0 Å². The van der Waals surface area contributed by atoms with E-state index in [0.717, 1.165) is 0 Å². The molecule has 0 saturated carbocycles. The maximum Gasteiger partial charge on any atom is 0.294 e. The minimum Gasteiger partial charge on any atom is -0.398 e. The Kier molecular flexibility index (Phi) is 6.91. The van der Waals surface area contributed by atoms with E-state index in [1.54, 1.807) is 36.4 Å². The third-order valence-corrected chi connectivity index (χ3v) is 4.61. The summed E-state index contributed by atoms with van der Waals surface area (Å²) in [5, 5.41) is 12.1. The molecule has 139 valence electrons. The predicted molar refractivity (Wildman–Crippen MR) is 109 cm³/mol. The second-order valence-corrected chi connectivity index (χ2v) is 7.21. The fraction of sp³-hybridized carbons (Fsp3) is 0.0556. The van der Waals surface area contributed by atoms with E-state index >= 15 is 0 Å². The molecule has 0 aromatic heterocycles. The van der Waals surface area contributed by atoms with Crippen molar-refractivity contribution in [2.24, 2.45) is 10.2 Å². The first-order valence-corrected chi connectivity index (χ1v) is 9.27. The van der Waals surface area contributed by atoms with Gasteiger partial charge in [-0.15, -0.1) is 5.11 Å². The van der Waals surface area contributed by atoms with Crippen LogP contribution >= 0.6 is 0 Å². The number of nitrogens with zero attached hydrogens (tertiary/aromatic N) is 2. The third-order valence-electron chi connectivity index (χ3n) is 3.76. The van der Waals surface area contributed by atoms with Crippen molar-refractivity contribution in [1.29, 1.82) is 0 Å². The number of carbonyl (C=O) groups excluding carboxylic acids is 1. The number of hydrogen-bond acceptors (Lipinski definition) is 6. The monoisotopic (exact) mass is 407 g/mol. The molecule has 0 aliphatic carbocycles. The van der Waals surface area contributed by atoms with Gasteiger partial charge in [-0.1, -0.05) is 6.07 Å². The number of nitrogens with one attached hydrogen (secondary N) is 1. The van der Waals surface area contributed by atoms with Gasteiger partial charge >= 0.3 is 0 Å². The first-order chi connectivity index (χ1) is 12.7. The Labute approximate surface area is 183 Å². The number of fused-ring (bicyclic) bond motifs is 1. The van der Waals surface area contributed by atoms with E-state index in [1.165, 1.54) is 25.1 Å². The largest absolute Gasteiger partial charge is 0.398 e. The van der Waals surface area contributed by atoms with E-state index in [9.17, 15) is 17.8 Å². The Morgan fingerprint density at radius 2 is 1.68 bits per heavy atom. The summed E-state index contributed by atoms with van der Waals surface area (Å²) in [6.45, 7) is 1.42. The van der Waals surface area contributed by atoms with Gasteiger partial charge in [-0.2, -0.15) is 13.5 Å². The van der Waals surface area contributed by atoms with Crippen LogP contribution < -0.4 is 11.1 Å². The third kappa shape index (κ3) is 5.15. The van der Waals surface area contributed by atoms with Crippen molar-refractivity contribution in [2.45, 2.75) is 11.8 Å². The molecule has 28 heavy (non-hydrogen) atoms. The SMILES string of the molecule is CC(=O)Nc1ccc(N=Nc2ccc(N)c3cc(S(=O)(=O)O)ccc23)cc1.[Na]. The number of benzene rings is 3. The van der Waals surface area contributed by atoms with Gasteiger partial charge in [0.05, 0.1) is 16.3 Å². The number of nitrogens with two attached hydrogens (primary N) is 1.